The van der Waals surface area contributed by atoms with Gasteiger partial charge in [-0.2, -0.15) is 0 Å². The lowest BCUT2D eigenvalue weighted by atomic mass is 9.66. The average Bonchev–Trinajstić information content (AvgIpc) is 3.00. The second-order valence-corrected chi connectivity index (χ2v) is 6.22. The van der Waals surface area contributed by atoms with Crippen molar-refractivity contribution in [3.63, 3.8) is 0 Å². The highest BCUT2D eigenvalue weighted by Gasteiger charge is 2.57. The van der Waals surface area contributed by atoms with Gasteiger partial charge >= 0.3 is 0 Å². The lowest BCUT2D eigenvalue weighted by molar-refractivity contribution is 0.368. The van der Waals surface area contributed by atoms with E-state index in [2.05, 4.69) is 38.1 Å². The summed E-state index contributed by atoms with van der Waals surface area (Å²) in [6.45, 7) is 5.60. The molecular formula is C15H21N. The van der Waals surface area contributed by atoms with Crippen molar-refractivity contribution in [2.24, 2.45) is 11.7 Å². The highest BCUT2D eigenvalue weighted by atomic mass is 14.7. The molecule has 2 aliphatic carbocycles. The van der Waals surface area contributed by atoms with Gasteiger partial charge in [0.05, 0.1) is 0 Å². The standard InChI is InChI=1S/C15H21N/c1-14(2)7-8-15(9-11(15)10-16)13-6-4-3-5-12(13)14/h3-6,11H,7-10,16H2,1-2H3/t11-,15-/m0/s1. The van der Waals surface area contributed by atoms with Gasteiger partial charge in [-0.05, 0) is 48.3 Å². The first kappa shape index (κ1) is 10.3. The van der Waals surface area contributed by atoms with E-state index in [4.69, 9.17) is 5.73 Å². The summed E-state index contributed by atoms with van der Waals surface area (Å²) in [6, 6.07) is 9.03. The minimum absolute atomic E-state index is 0.351. The van der Waals surface area contributed by atoms with Crippen LogP contribution in [-0.4, -0.2) is 6.54 Å². The minimum Gasteiger partial charge on any atom is -0.330 e. The fourth-order valence-electron chi connectivity index (χ4n) is 3.64. The van der Waals surface area contributed by atoms with Crippen LogP contribution in [-0.2, 0) is 10.8 Å². The maximum Gasteiger partial charge on any atom is 0.0000244 e. The lowest BCUT2D eigenvalue weighted by Gasteiger charge is -2.38. The van der Waals surface area contributed by atoms with E-state index in [1.807, 2.05) is 0 Å². The molecule has 1 nitrogen and oxygen atoms in total. The fourth-order valence-corrected chi connectivity index (χ4v) is 3.64. The van der Waals surface area contributed by atoms with E-state index in [1.165, 1.54) is 19.3 Å². The van der Waals surface area contributed by atoms with Crippen molar-refractivity contribution in [2.45, 2.75) is 43.9 Å². The maximum absolute atomic E-state index is 5.86. The summed E-state index contributed by atoms with van der Waals surface area (Å²) in [7, 11) is 0. The number of hydrogen-bond acceptors (Lipinski definition) is 1. The third-order valence-electron chi connectivity index (χ3n) is 4.91. The second-order valence-electron chi connectivity index (χ2n) is 6.22. The average molecular weight is 215 g/mol. The molecule has 1 saturated carbocycles. The van der Waals surface area contributed by atoms with Crippen molar-refractivity contribution in [1.29, 1.82) is 0 Å². The Balaban J connectivity index is 2.11. The molecule has 2 atom stereocenters. The van der Waals surface area contributed by atoms with Crippen LogP contribution in [0.15, 0.2) is 24.3 Å². The third kappa shape index (κ3) is 1.21. The van der Waals surface area contributed by atoms with Crippen LogP contribution in [0.5, 0.6) is 0 Å². The van der Waals surface area contributed by atoms with E-state index in [9.17, 15) is 0 Å². The predicted octanol–water partition coefficient (Wildman–Crippen LogP) is 2.97. The Morgan fingerprint density at radius 3 is 2.50 bits per heavy atom. The van der Waals surface area contributed by atoms with Crippen LogP contribution in [0.2, 0.25) is 0 Å². The Bertz CT molecular complexity index is 421. The molecule has 16 heavy (non-hydrogen) atoms. The summed E-state index contributed by atoms with van der Waals surface area (Å²) in [6.07, 6.45) is 3.95. The molecule has 0 heterocycles. The van der Waals surface area contributed by atoms with Crippen LogP contribution in [0, 0.1) is 5.92 Å². The van der Waals surface area contributed by atoms with Crippen molar-refractivity contribution in [3.05, 3.63) is 35.4 Å². The summed E-state index contributed by atoms with van der Waals surface area (Å²) >= 11 is 0. The van der Waals surface area contributed by atoms with Crippen LogP contribution in [0.4, 0.5) is 0 Å². The molecule has 3 rings (SSSR count). The summed E-state index contributed by atoms with van der Waals surface area (Å²) < 4.78 is 0. The molecule has 1 fully saturated rings. The molecule has 0 radical (unpaired) electrons. The second kappa shape index (κ2) is 3.10. The molecule has 0 aromatic heterocycles. The minimum atomic E-state index is 0.351. The van der Waals surface area contributed by atoms with E-state index in [1.54, 1.807) is 11.1 Å². The van der Waals surface area contributed by atoms with Gasteiger partial charge in [-0.1, -0.05) is 38.1 Å². The van der Waals surface area contributed by atoms with Gasteiger partial charge in [-0.15, -0.1) is 0 Å². The molecular weight excluding hydrogens is 194 g/mol. The molecule has 1 heteroatoms. The number of rotatable bonds is 1. The topological polar surface area (TPSA) is 26.0 Å². The highest BCUT2D eigenvalue weighted by molar-refractivity contribution is 5.46. The molecule has 2 N–H and O–H groups in total. The Morgan fingerprint density at radius 1 is 1.19 bits per heavy atom. The van der Waals surface area contributed by atoms with Gasteiger partial charge in [0.15, 0.2) is 0 Å². The Hall–Kier alpha value is -0.820. The van der Waals surface area contributed by atoms with Crippen LogP contribution >= 0.6 is 0 Å². The lowest BCUT2D eigenvalue weighted by Crippen LogP contribution is -2.31. The number of hydrogen-bond donors (Lipinski definition) is 1. The molecule has 1 spiro atoms. The predicted molar refractivity (Wildman–Crippen MR) is 67.5 cm³/mol. The monoisotopic (exact) mass is 215 g/mol. The molecule has 0 saturated heterocycles. The van der Waals surface area contributed by atoms with E-state index >= 15 is 0 Å². The Morgan fingerprint density at radius 2 is 1.88 bits per heavy atom. The van der Waals surface area contributed by atoms with Gasteiger partial charge in [-0.25, -0.2) is 0 Å². The van der Waals surface area contributed by atoms with Crippen molar-refractivity contribution >= 4 is 0 Å². The third-order valence-corrected chi connectivity index (χ3v) is 4.91. The normalized spacial score (nSPS) is 34.8. The molecule has 0 amide bonds. The largest absolute Gasteiger partial charge is 0.330 e. The molecule has 86 valence electrons. The van der Waals surface area contributed by atoms with Gasteiger partial charge in [0.25, 0.3) is 0 Å². The molecule has 0 unspecified atom stereocenters. The van der Waals surface area contributed by atoms with Gasteiger partial charge in [0.2, 0.25) is 0 Å². The Kier molecular flexibility index (Phi) is 2.00. The number of benzene rings is 1. The van der Waals surface area contributed by atoms with E-state index < -0.39 is 0 Å². The smallest absolute Gasteiger partial charge is 0.0000244 e. The first-order valence-corrected chi connectivity index (χ1v) is 6.40. The van der Waals surface area contributed by atoms with Crippen molar-refractivity contribution in [3.8, 4) is 0 Å². The summed E-state index contributed by atoms with van der Waals surface area (Å²) in [5.74, 6) is 0.741. The van der Waals surface area contributed by atoms with Crippen molar-refractivity contribution < 1.29 is 0 Å². The van der Waals surface area contributed by atoms with Crippen LogP contribution in [0.25, 0.3) is 0 Å². The SMILES string of the molecule is CC1(C)CC[C@@]2(C[C@H]2CN)c2ccccc21. The summed E-state index contributed by atoms with van der Waals surface area (Å²) in [5, 5.41) is 0. The molecule has 1 aromatic rings. The quantitative estimate of drug-likeness (QED) is 0.765. The zero-order valence-corrected chi connectivity index (χ0v) is 10.3. The summed E-state index contributed by atoms with van der Waals surface area (Å²) in [5.41, 5.74) is 9.84. The maximum atomic E-state index is 5.86. The zero-order chi connectivity index (χ0) is 11.4. The fraction of sp³-hybridized carbons (Fsp3) is 0.600. The first-order valence-electron chi connectivity index (χ1n) is 6.40. The van der Waals surface area contributed by atoms with E-state index in [0.29, 0.717) is 10.8 Å². The first-order chi connectivity index (χ1) is 7.60. The van der Waals surface area contributed by atoms with Crippen LogP contribution in [0.3, 0.4) is 0 Å². The summed E-state index contributed by atoms with van der Waals surface area (Å²) in [4.78, 5) is 0. The van der Waals surface area contributed by atoms with Crippen LogP contribution in [0.1, 0.15) is 44.2 Å². The molecule has 2 aliphatic rings. The Labute approximate surface area is 98.0 Å². The van der Waals surface area contributed by atoms with Gasteiger partial charge in [0.1, 0.15) is 0 Å². The van der Waals surface area contributed by atoms with Crippen LogP contribution < -0.4 is 5.73 Å². The van der Waals surface area contributed by atoms with Gasteiger partial charge in [0, 0.05) is 5.41 Å². The zero-order valence-electron chi connectivity index (χ0n) is 10.3. The molecule has 0 bridgehead atoms. The highest BCUT2D eigenvalue weighted by Crippen LogP contribution is 2.62. The van der Waals surface area contributed by atoms with E-state index in [0.717, 1.165) is 12.5 Å². The molecule has 1 aromatic carbocycles. The molecule has 0 aliphatic heterocycles. The van der Waals surface area contributed by atoms with Gasteiger partial charge in [-0.3, -0.25) is 0 Å². The van der Waals surface area contributed by atoms with Crippen molar-refractivity contribution in [1.82, 2.24) is 0 Å². The van der Waals surface area contributed by atoms with Crippen molar-refractivity contribution in [2.75, 3.05) is 6.54 Å². The number of fused-ring (bicyclic) bond motifs is 2. The van der Waals surface area contributed by atoms with E-state index in [-0.39, 0.29) is 0 Å². The number of nitrogens with two attached hydrogens (primary N) is 1. The van der Waals surface area contributed by atoms with Gasteiger partial charge < -0.3 is 5.73 Å².